The second-order valence-corrected chi connectivity index (χ2v) is 5.50. The number of amides is 3. The Kier molecular flexibility index (Phi) is 5.77. The summed E-state index contributed by atoms with van der Waals surface area (Å²) in [5.74, 6) is -0.664. The normalized spacial score (nSPS) is 17.5. The molecule has 0 aromatic heterocycles. The lowest BCUT2D eigenvalue weighted by atomic mass is 10.1. The van der Waals surface area contributed by atoms with Gasteiger partial charge in [-0.15, -0.1) is 0 Å². The number of hydrogen-bond donors (Lipinski definition) is 3. The minimum atomic E-state index is -0.465. The average molecular weight is 324 g/mol. The molecule has 1 aliphatic rings. The van der Waals surface area contributed by atoms with Crippen molar-refractivity contribution in [2.45, 2.75) is 25.3 Å². The van der Waals surface area contributed by atoms with E-state index in [4.69, 9.17) is 11.6 Å². The van der Waals surface area contributed by atoms with Gasteiger partial charge in [-0.1, -0.05) is 11.6 Å². The van der Waals surface area contributed by atoms with Crippen LogP contribution in [0, 0.1) is 0 Å². The molecule has 3 amide bonds. The smallest absolute Gasteiger partial charge is 0.251 e. The maximum atomic E-state index is 11.8. The predicted molar refractivity (Wildman–Crippen MR) is 82.6 cm³/mol. The molecule has 1 atom stereocenters. The molecule has 1 unspecified atom stereocenters. The predicted octanol–water partition coefficient (Wildman–Crippen LogP) is 0.855. The summed E-state index contributed by atoms with van der Waals surface area (Å²) in [6.07, 6.45) is 1.63. The van der Waals surface area contributed by atoms with Crippen LogP contribution in [0.3, 0.4) is 0 Å². The molecule has 3 N–H and O–H groups in total. The van der Waals surface area contributed by atoms with Crippen LogP contribution in [0.15, 0.2) is 24.3 Å². The fraction of sp³-hybridized carbons (Fsp3) is 0.400. The maximum absolute atomic E-state index is 11.8. The first kappa shape index (κ1) is 16.3. The zero-order valence-electron chi connectivity index (χ0n) is 12.0. The third-order valence-electron chi connectivity index (χ3n) is 3.36. The molecule has 118 valence electrons. The van der Waals surface area contributed by atoms with E-state index < -0.39 is 6.04 Å². The second kappa shape index (κ2) is 7.79. The lowest BCUT2D eigenvalue weighted by molar-refractivity contribution is -0.130. The van der Waals surface area contributed by atoms with E-state index in [0.717, 1.165) is 6.42 Å². The van der Waals surface area contributed by atoms with Gasteiger partial charge < -0.3 is 16.0 Å². The van der Waals surface area contributed by atoms with Gasteiger partial charge in [0.1, 0.15) is 6.04 Å². The number of carbonyl (C=O) groups is 3. The third-order valence-corrected chi connectivity index (χ3v) is 3.62. The quantitative estimate of drug-likeness (QED) is 0.751. The number of nitrogens with one attached hydrogen (secondary N) is 3. The molecule has 1 aliphatic heterocycles. The monoisotopic (exact) mass is 323 g/mol. The Hall–Kier alpha value is -2.08. The van der Waals surface area contributed by atoms with E-state index in [2.05, 4.69) is 16.0 Å². The van der Waals surface area contributed by atoms with Crippen molar-refractivity contribution in [2.75, 3.05) is 13.1 Å². The molecule has 6 nitrogen and oxygen atoms in total. The highest BCUT2D eigenvalue weighted by molar-refractivity contribution is 6.30. The zero-order valence-corrected chi connectivity index (χ0v) is 12.8. The van der Waals surface area contributed by atoms with Crippen LogP contribution < -0.4 is 16.0 Å². The summed E-state index contributed by atoms with van der Waals surface area (Å²) in [6.45, 7) is 0.865. The summed E-state index contributed by atoms with van der Waals surface area (Å²) in [4.78, 5) is 35.1. The summed E-state index contributed by atoms with van der Waals surface area (Å²) in [7, 11) is 0. The summed E-state index contributed by atoms with van der Waals surface area (Å²) >= 11 is 5.75. The van der Waals surface area contributed by atoms with Gasteiger partial charge in [0.15, 0.2) is 0 Å². The van der Waals surface area contributed by atoms with Crippen LogP contribution in [0.4, 0.5) is 0 Å². The second-order valence-electron chi connectivity index (χ2n) is 5.07. The largest absolute Gasteiger partial charge is 0.354 e. The zero-order chi connectivity index (χ0) is 15.9. The van der Waals surface area contributed by atoms with Gasteiger partial charge in [-0.05, 0) is 37.1 Å². The van der Waals surface area contributed by atoms with E-state index in [1.807, 2.05) is 0 Å². The Bertz CT molecular complexity index is 560. The fourth-order valence-electron chi connectivity index (χ4n) is 2.17. The van der Waals surface area contributed by atoms with Crippen LogP contribution >= 0.6 is 11.6 Å². The highest BCUT2D eigenvalue weighted by Crippen LogP contribution is 2.09. The van der Waals surface area contributed by atoms with Crippen LogP contribution in [-0.2, 0) is 9.59 Å². The SMILES string of the molecule is O=C(CCNC(=O)c1ccc(Cl)cc1)NC1CCCNC1=O. The first-order valence-electron chi connectivity index (χ1n) is 7.17. The molecule has 0 bridgehead atoms. The van der Waals surface area contributed by atoms with E-state index in [1.165, 1.54) is 0 Å². The van der Waals surface area contributed by atoms with E-state index in [1.54, 1.807) is 24.3 Å². The number of piperidine rings is 1. The maximum Gasteiger partial charge on any atom is 0.251 e. The molecule has 0 aliphatic carbocycles. The van der Waals surface area contributed by atoms with E-state index in [-0.39, 0.29) is 30.7 Å². The van der Waals surface area contributed by atoms with Crippen LogP contribution in [0.2, 0.25) is 5.02 Å². The topological polar surface area (TPSA) is 87.3 Å². The van der Waals surface area contributed by atoms with Gasteiger partial charge in [0.25, 0.3) is 5.91 Å². The van der Waals surface area contributed by atoms with Crippen LogP contribution in [0.1, 0.15) is 29.6 Å². The third kappa shape index (κ3) is 4.73. The molecule has 7 heteroatoms. The molecule has 1 saturated heterocycles. The molecule has 1 fully saturated rings. The summed E-state index contributed by atoms with van der Waals surface area (Å²) < 4.78 is 0. The molecular weight excluding hydrogens is 306 g/mol. The van der Waals surface area contributed by atoms with Gasteiger partial charge in [-0.25, -0.2) is 0 Å². The number of rotatable bonds is 5. The van der Waals surface area contributed by atoms with Crippen molar-refractivity contribution >= 4 is 29.3 Å². The van der Waals surface area contributed by atoms with Gasteiger partial charge in [0.05, 0.1) is 0 Å². The molecule has 22 heavy (non-hydrogen) atoms. The van der Waals surface area contributed by atoms with Crippen molar-refractivity contribution in [2.24, 2.45) is 0 Å². The standard InChI is InChI=1S/C15H18ClN3O3/c16-11-5-3-10(4-6-11)14(21)18-9-7-13(20)19-12-2-1-8-17-15(12)22/h3-6,12H,1-2,7-9H2,(H,17,22)(H,18,21)(H,19,20). The highest BCUT2D eigenvalue weighted by atomic mass is 35.5. The number of benzene rings is 1. The molecule has 1 aromatic carbocycles. The Morgan fingerprint density at radius 1 is 1.27 bits per heavy atom. The first-order valence-corrected chi connectivity index (χ1v) is 7.55. The minimum absolute atomic E-state index is 0.128. The first-order chi connectivity index (χ1) is 10.6. The fourth-order valence-corrected chi connectivity index (χ4v) is 2.30. The van der Waals surface area contributed by atoms with Crippen molar-refractivity contribution in [1.29, 1.82) is 0 Å². The highest BCUT2D eigenvalue weighted by Gasteiger charge is 2.23. The van der Waals surface area contributed by atoms with E-state index >= 15 is 0 Å². The van der Waals surface area contributed by atoms with Gasteiger partial charge in [-0.2, -0.15) is 0 Å². The number of carbonyl (C=O) groups excluding carboxylic acids is 3. The van der Waals surface area contributed by atoms with Crippen molar-refractivity contribution in [1.82, 2.24) is 16.0 Å². The number of hydrogen-bond acceptors (Lipinski definition) is 3. The molecule has 0 spiro atoms. The van der Waals surface area contributed by atoms with E-state index in [0.29, 0.717) is 23.6 Å². The van der Waals surface area contributed by atoms with Gasteiger partial charge >= 0.3 is 0 Å². The Morgan fingerprint density at radius 2 is 2.00 bits per heavy atom. The molecule has 1 heterocycles. The lowest BCUT2D eigenvalue weighted by Gasteiger charge is -2.22. The Balaban J connectivity index is 1.71. The van der Waals surface area contributed by atoms with Crippen molar-refractivity contribution < 1.29 is 14.4 Å². The van der Waals surface area contributed by atoms with Crippen molar-refractivity contribution in [3.05, 3.63) is 34.9 Å². The van der Waals surface area contributed by atoms with Gasteiger partial charge in [0, 0.05) is 30.1 Å². The van der Waals surface area contributed by atoms with E-state index in [9.17, 15) is 14.4 Å². The van der Waals surface area contributed by atoms with Crippen molar-refractivity contribution in [3.8, 4) is 0 Å². The van der Waals surface area contributed by atoms with Crippen LogP contribution in [0.5, 0.6) is 0 Å². The van der Waals surface area contributed by atoms with Crippen LogP contribution in [0.25, 0.3) is 0 Å². The Morgan fingerprint density at radius 3 is 2.68 bits per heavy atom. The summed E-state index contributed by atoms with van der Waals surface area (Å²) in [6, 6.07) is 6.03. The lowest BCUT2D eigenvalue weighted by Crippen LogP contribution is -2.50. The molecule has 0 radical (unpaired) electrons. The van der Waals surface area contributed by atoms with Gasteiger partial charge in [-0.3, -0.25) is 14.4 Å². The molecule has 0 saturated carbocycles. The average Bonchev–Trinajstić information content (AvgIpc) is 2.50. The molecular formula is C15H18ClN3O3. The van der Waals surface area contributed by atoms with Crippen molar-refractivity contribution in [3.63, 3.8) is 0 Å². The molecule has 1 aromatic rings. The number of halogens is 1. The van der Waals surface area contributed by atoms with Gasteiger partial charge in [0.2, 0.25) is 11.8 Å². The van der Waals surface area contributed by atoms with Crippen LogP contribution in [-0.4, -0.2) is 36.9 Å². The summed E-state index contributed by atoms with van der Waals surface area (Å²) in [5, 5.41) is 8.58. The molecule has 2 rings (SSSR count). The Labute approximate surface area is 133 Å². The summed E-state index contributed by atoms with van der Waals surface area (Å²) in [5.41, 5.74) is 0.483. The minimum Gasteiger partial charge on any atom is -0.354 e.